The average Bonchev–Trinajstić information content (AvgIpc) is 3.17. The number of rotatable bonds is 6. The Kier molecular flexibility index (Phi) is 5.69. The van der Waals surface area contributed by atoms with Gasteiger partial charge in [-0.05, 0) is 50.1 Å². The fourth-order valence-corrected chi connectivity index (χ4v) is 3.13. The predicted octanol–water partition coefficient (Wildman–Crippen LogP) is 3.38. The van der Waals surface area contributed by atoms with Crippen LogP contribution in [0.2, 0.25) is 0 Å². The second-order valence-electron chi connectivity index (χ2n) is 6.59. The van der Waals surface area contributed by atoms with Crippen molar-refractivity contribution in [2.24, 2.45) is 0 Å². The normalized spacial score (nSPS) is 14.5. The molecule has 134 valence electrons. The van der Waals surface area contributed by atoms with Crippen molar-refractivity contribution in [3.8, 4) is 6.07 Å². The molecule has 1 aromatic heterocycles. The molecule has 2 heterocycles. The number of hydrogen-bond acceptors (Lipinski definition) is 5. The van der Waals surface area contributed by atoms with Crippen LogP contribution in [0.15, 0.2) is 42.6 Å². The number of amides is 1. The maximum absolute atomic E-state index is 12.3. The molecule has 1 aliphatic heterocycles. The van der Waals surface area contributed by atoms with Crippen molar-refractivity contribution >= 4 is 23.0 Å². The zero-order chi connectivity index (χ0) is 18.4. The Morgan fingerprint density at radius 2 is 2.08 bits per heavy atom. The second-order valence-corrected chi connectivity index (χ2v) is 6.59. The predicted molar refractivity (Wildman–Crippen MR) is 103 cm³/mol. The molecule has 0 radical (unpaired) electrons. The Labute approximate surface area is 153 Å². The number of aromatic nitrogens is 1. The summed E-state index contributed by atoms with van der Waals surface area (Å²) < 4.78 is 0. The van der Waals surface area contributed by atoms with Crippen molar-refractivity contribution < 1.29 is 4.79 Å². The van der Waals surface area contributed by atoms with Crippen LogP contribution in [0.3, 0.4) is 0 Å². The Morgan fingerprint density at radius 3 is 2.77 bits per heavy atom. The SMILES string of the molecule is C[C@@H](CC(=O)Nc1cccc(N2CCCC2)c1)Nc1ccc(C#N)nc1. The van der Waals surface area contributed by atoms with Crippen molar-refractivity contribution in [1.29, 1.82) is 5.26 Å². The largest absolute Gasteiger partial charge is 0.381 e. The van der Waals surface area contributed by atoms with Gasteiger partial charge in [-0.1, -0.05) is 6.07 Å². The lowest BCUT2D eigenvalue weighted by Gasteiger charge is -2.19. The molecule has 2 N–H and O–H groups in total. The summed E-state index contributed by atoms with van der Waals surface area (Å²) in [6.07, 6.45) is 4.40. The summed E-state index contributed by atoms with van der Waals surface area (Å²) in [7, 11) is 0. The molecule has 0 unspecified atom stereocenters. The fourth-order valence-electron chi connectivity index (χ4n) is 3.13. The van der Waals surface area contributed by atoms with Crippen LogP contribution in [0.25, 0.3) is 0 Å². The standard InChI is InChI=1S/C20H23N5O/c1-15(23-18-8-7-17(13-21)22-14-18)11-20(26)24-16-5-4-6-19(12-16)25-9-2-3-10-25/h4-8,12,14-15,23H,2-3,9-11H2,1H3,(H,24,26)/t15-/m0/s1. The third-order valence-corrected chi connectivity index (χ3v) is 4.38. The van der Waals surface area contributed by atoms with Gasteiger partial charge in [-0.2, -0.15) is 5.26 Å². The fraction of sp³-hybridized carbons (Fsp3) is 0.350. The summed E-state index contributed by atoms with van der Waals surface area (Å²) in [5.74, 6) is -0.0369. The third kappa shape index (κ3) is 4.73. The molecule has 1 saturated heterocycles. The van der Waals surface area contributed by atoms with Gasteiger partial charge in [0.15, 0.2) is 0 Å². The molecule has 0 saturated carbocycles. The lowest BCUT2D eigenvalue weighted by atomic mass is 10.2. The van der Waals surface area contributed by atoms with Gasteiger partial charge in [0.05, 0.1) is 11.9 Å². The molecule has 6 heteroatoms. The molecular weight excluding hydrogens is 326 g/mol. The van der Waals surface area contributed by atoms with Crippen molar-refractivity contribution in [3.05, 3.63) is 48.3 Å². The van der Waals surface area contributed by atoms with E-state index >= 15 is 0 Å². The molecule has 2 aromatic rings. The van der Waals surface area contributed by atoms with E-state index < -0.39 is 0 Å². The van der Waals surface area contributed by atoms with E-state index in [2.05, 4.69) is 26.6 Å². The van der Waals surface area contributed by atoms with Crippen molar-refractivity contribution in [1.82, 2.24) is 4.98 Å². The van der Waals surface area contributed by atoms with Gasteiger partial charge in [0.1, 0.15) is 11.8 Å². The van der Waals surface area contributed by atoms with Crippen LogP contribution in [0.5, 0.6) is 0 Å². The van der Waals surface area contributed by atoms with Crippen molar-refractivity contribution in [2.75, 3.05) is 28.6 Å². The molecule has 1 atom stereocenters. The number of carbonyl (C=O) groups is 1. The minimum absolute atomic E-state index is 0.0369. The van der Waals surface area contributed by atoms with Crippen molar-refractivity contribution in [3.63, 3.8) is 0 Å². The Morgan fingerprint density at radius 1 is 1.27 bits per heavy atom. The van der Waals surface area contributed by atoms with E-state index in [1.165, 1.54) is 12.8 Å². The Bertz CT molecular complexity index is 791. The van der Waals surface area contributed by atoms with Crippen LogP contribution in [0.4, 0.5) is 17.1 Å². The quantitative estimate of drug-likeness (QED) is 0.835. The van der Waals surface area contributed by atoms with Crippen LogP contribution in [0.1, 0.15) is 31.9 Å². The van der Waals surface area contributed by atoms with Gasteiger partial charge in [0, 0.05) is 36.9 Å². The molecule has 0 aliphatic carbocycles. The van der Waals surface area contributed by atoms with Crippen LogP contribution < -0.4 is 15.5 Å². The number of nitrogens with zero attached hydrogens (tertiary/aromatic N) is 3. The van der Waals surface area contributed by atoms with Gasteiger partial charge >= 0.3 is 0 Å². The van der Waals surface area contributed by atoms with Crippen LogP contribution in [-0.2, 0) is 4.79 Å². The summed E-state index contributed by atoms with van der Waals surface area (Å²) in [6.45, 7) is 4.10. The first-order valence-electron chi connectivity index (χ1n) is 8.91. The third-order valence-electron chi connectivity index (χ3n) is 4.38. The number of nitrogens with one attached hydrogen (secondary N) is 2. The van der Waals surface area contributed by atoms with Gasteiger partial charge in [0.25, 0.3) is 0 Å². The lowest BCUT2D eigenvalue weighted by Crippen LogP contribution is -2.24. The van der Waals surface area contributed by atoms with E-state index in [4.69, 9.17) is 5.26 Å². The number of carbonyl (C=O) groups excluding carboxylic acids is 1. The number of benzene rings is 1. The van der Waals surface area contributed by atoms with E-state index in [0.29, 0.717) is 12.1 Å². The maximum atomic E-state index is 12.3. The summed E-state index contributed by atoms with van der Waals surface area (Å²) in [4.78, 5) is 18.7. The molecule has 3 rings (SSSR count). The summed E-state index contributed by atoms with van der Waals surface area (Å²) >= 11 is 0. The Hall–Kier alpha value is -3.07. The van der Waals surface area contributed by atoms with E-state index in [1.54, 1.807) is 18.3 Å². The molecule has 26 heavy (non-hydrogen) atoms. The molecular formula is C20H23N5O. The van der Waals surface area contributed by atoms with Crippen LogP contribution >= 0.6 is 0 Å². The highest BCUT2D eigenvalue weighted by atomic mass is 16.1. The van der Waals surface area contributed by atoms with E-state index in [0.717, 1.165) is 30.2 Å². The summed E-state index contributed by atoms with van der Waals surface area (Å²) in [5, 5.41) is 15.0. The van der Waals surface area contributed by atoms with Crippen molar-refractivity contribution in [2.45, 2.75) is 32.2 Å². The smallest absolute Gasteiger partial charge is 0.226 e. The minimum atomic E-state index is -0.0495. The number of hydrogen-bond donors (Lipinski definition) is 2. The number of nitriles is 1. The first kappa shape index (κ1) is 17.7. The molecule has 1 aromatic carbocycles. The Balaban J connectivity index is 1.53. The monoisotopic (exact) mass is 349 g/mol. The first-order valence-corrected chi connectivity index (χ1v) is 8.91. The second kappa shape index (κ2) is 8.34. The topological polar surface area (TPSA) is 81.0 Å². The highest BCUT2D eigenvalue weighted by Crippen LogP contribution is 2.23. The molecule has 1 aliphatic rings. The van der Waals surface area contributed by atoms with Gasteiger partial charge < -0.3 is 15.5 Å². The number of pyridine rings is 1. The van der Waals surface area contributed by atoms with Gasteiger partial charge in [-0.25, -0.2) is 4.98 Å². The van der Waals surface area contributed by atoms with E-state index in [9.17, 15) is 4.79 Å². The minimum Gasteiger partial charge on any atom is -0.381 e. The lowest BCUT2D eigenvalue weighted by molar-refractivity contribution is -0.116. The van der Waals surface area contributed by atoms with Gasteiger partial charge in [-0.15, -0.1) is 0 Å². The first-order chi connectivity index (χ1) is 12.6. The molecule has 1 amide bonds. The zero-order valence-corrected chi connectivity index (χ0v) is 14.9. The van der Waals surface area contributed by atoms with E-state index in [1.807, 2.05) is 31.2 Å². The van der Waals surface area contributed by atoms with Crippen LogP contribution in [-0.4, -0.2) is 30.0 Å². The zero-order valence-electron chi connectivity index (χ0n) is 14.9. The molecule has 0 bridgehead atoms. The van der Waals surface area contributed by atoms with Crippen LogP contribution in [0, 0.1) is 11.3 Å². The average molecular weight is 349 g/mol. The summed E-state index contributed by atoms with van der Waals surface area (Å²) in [6, 6.07) is 13.4. The summed E-state index contributed by atoms with van der Waals surface area (Å²) in [5.41, 5.74) is 3.15. The van der Waals surface area contributed by atoms with E-state index in [-0.39, 0.29) is 11.9 Å². The maximum Gasteiger partial charge on any atom is 0.226 e. The van der Waals surface area contributed by atoms with Gasteiger partial charge in [-0.3, -0.25) is 4.79 Å². The highest BCUT2D eigenvalue weighted by Gasteiger charge is 2.14. The molecule has 0 spiro atoms. The molecule has 1 fully saturated rings. The highest BCUT2D eigenvalue weighted by molar-refractivity contribution is 5.91. The molecule has 6 nitrogen and oxygen atoms in total. The van der Waals surface area contributed by atoms with Gasteiger partial charge in [0.2, 0.25) is 5.91 Å². The number of anilines is 3.